The Kier molecular flexibility index (Phi) is 3.72. The van der Waals surface area contributed by atoms with E-state index in [0.717, 1.165) is 12.8 Å². The van der Waals surface area contributed by atoms with Gasteiger partial charge < -0.3 is 19.7 Å². The second-order valence-corrected chi connectivity index (χ2v) is 4.38. The molecule has 1 aromatic rings. The lowest BCUT2D eigenvalue weighted by Gasteiger charge is -2.16. The number of aliphatic hydroxyl groups is 1. The normalized spacial score (nSPS) is 22.8. The third-order valence-corrected chi connectivity index (χ3v) is 3.06. The first-order chi connectivity index (χ1) is 8.60. The molecule has 5 nitrogen and oxygen atoms in total. The van der Waals surface area contributed by atoms with E-state index < -0.39 is 5.97 Å². The van der Waals surface area contributed by atoms with Crippen LogP contribution in [0.15, 0.2) is 18.2 Å². The molecule has 1 aliphatic rings. The van der Waals surface area contributed by atoms with Gasteiger partial charge in [-0.3, -0.25) is 0 Å². The number of rotatable bonds is 4. The van der Waals surface area contributed by atoms with Crippen LogP contribution in [0.1, 0.15) is 29.6 Å². The third-order valence-electron chi connectivity index (χ3n) is 3.06. The van der Waals surface area contributed by atoms with Crippen molar-refractivity contribution in [3.05, 3.63) is 23.8 Å². The number of aromatic carboxylic acids is 1. The number of benzene rings is 1. The quantitative estimate of drug-likeness (QED) is 0.852. The smallest absolute Gasteiger partial charge is 0.335 e. The van der Waals surface area contributed by atoms with Gasteiger partial charge in [0.05, 0.1) is 18.8 Å². The molecule has 0 bridgehead atoms. The Hall–Kier alpha value is -1.75. The number of hydrogen-bond donors (Lipinski definition) is 2. The van der Waals surface area contributed by atoms with Crippen LogP contribution in [-0.2, 0) is 0 Å². The zero-order valence-electron chi connectivity index (χ0n) is 10.1. The Bertz CT molecular complexity index is 443. The summed E-state index contributed by atoms with van der Waals surface area (Å²) in [5, 5.41) is 18.3. The predicted molar refractivity (Wildman–Crippen MR) is 64.2 cm³/mol. The predicted octanol–water partition coefficient (Wildman–Crippen LogP) is 1.69. The summed E-state index contributed by atoms with van der Waals surface area (Å²) < 4.78 is 10.8. The van der Waals surface area contributed by atoms with Crippen LogP contribution in [0.3, 0.4) is 0 Å². The minimum absolute atomic E-state index is 0.0374. The average Bonchev–Trinajstić information content (AvgIpc) is 2.75. The van der Waals surface area contributed by atoms with Gasteiger partial charge in [-0.25, -0.2) is 4.79 Å². The van der Waals surface area contributed by atoms with Crippen LogP contribution >= 0.6 is 0 Å². The van der Waals surface area contributed by atoms with Gasteiger partial charge in [0.1, 0.15) is 6.10 Å². The summed E-state index contributed by atoms with van der Waals surface area (Å²) in [7, 11) is 1.47. The monoisotopic (exact) mass is 252 g/mol. The molecular formula is C13H16O5. The SMILES string of the molecule is COc1cc(C(=O)O)ccc1OC1CCC(O)C1. The van der Waals surface area contributed by atoms with Crippen LogP contribution < -0.4 is 9.47 Å². The molecule has 0 heterocycles. The maximum atomic E-state index is 10.8. The Balaban J connectivity index is 2.14. The van der Waals surface area contributed by atoms with E-state index >= 15 is 0 Å². The lowest BCUT2D eigenvalue weighted by Crippen LogP contribution is -2.14. The fourth-order valence-electron chi connectivity index (χ4n) is 2.10. The van der Waals surface area contributed by atoms with E-state index in [1.807, 2.05) is 0 Å². The zero-order chi connectivity index (χ0) is 13.1. The van der Waals surface area contributed by atoms with Crippen LogP contribution in [0, 0.1) is 0 Å². The van der Waals surface area contributed by atoms with Crippen molar-refractivity contribution in [2.24, 2.45) is 0 Å². The molecule has 0 amide bonds. The van der Waals surface area contributed by atoms with E-state index in [1.165, 1.54) is 19.2 Å². The van der Waals surface area contributed by atoms with Gasteiger partial charge >= 0.3 is 5.97 Å². The summed E-state index contributed by atoms with van der Waals surface area (Å²) in [5.41, 5.74) is 0.158. The Morgan fingerprint density at radius 1 is 1.33 bits per heavy atom. The molecule has 98 valence electrons. The lowest BCUT2D eigenvalue weighted by molar-refractivity contribution is 0.0696. The van der Waals surface area contributed by atoms with Crippen molar-refractivity contribution >= 4 is 5.97 Å². The topological polar surface area (TPSA) is 76.0 Å². The molecule has 1 aliphatic carbocycles. The first kappa shape index (κ1) is 12.7. The minimum Gasteiger partial charge on any atom is -0.493 e. The Morgan fingerprint density at radius 2 is 2.11 bits per heavy atom. The lowest BCUT2D eigenvalue weighted by atomic mass is 10.2. The molecular weight excluding hydrogens is 236 g/mol. The molecule has 0 radical (unpaired) electrons. The summed E-state index contributed by atoms with van der Waals surface area (Å²) in [6.45, 7) is 0. The molecule has 2 N–H and O–H groups in total. The number of methoxy groups -OCH3 is 1. The van der Waals surface area contributed by atoms with Crippen molar-refractivity contribution in [1.82, 2.24) is 0 Å². The van der Waals surface area contributed by atoms with Crippen LogP contribution in [0.5, 0.6) is 11.5 Å². The van der Waals surface area contributed by atoms with E-state index in [0.29, 0.717) is 17.9 Å². The summed E-state index contributed by atoms with van der Waals surface area (Å²) in [6.07, 6.45) is 1.79. The molecule has 5 heteroatoms. The number of aliphatic hydroxyl groups excluding tert-OH is 1. The molecule has 1 fully saturated rings. The standard InChI is InChI=1S/C13H16O5/c1-17-12-6-8(13(15)16)2-5-11(12)18-10-4-3-9(14)7-10/h2,5-6,9-10,14H,3-4,7H2,1H3,(H,15,16). The number of carboxylic acids is 1. The summed E-state index contributed by atoms with van der Waals surface area (Å²) in [5.74, 6) is -0.0889. The second kappa shape index (κ2) is 5.27. The van der Waals surface area contributed by atoms with Crippen LogP contribution in [0.25, 0.3) is 0 Å². The number of ether oxygens (including phenoxy) is 2. The van der Waals surface area contributed by atoms with Crippen molar-refractivity contribution < 1.29 is 24.5 Å². The molecule has 18 heavy (non-hydrogen) atoms. The van der Waals surface area contributed by atoms with E-state index in [2.05, 4.69) is 0 Å². The summed E-state index contributed by atoms with van der Waals surface area (Å²) in [6, 6.07) is 4.50. The average molecular weight is 252 g/mol. The zero-order valence-corrected chi connectivity index (χ0v) is 10.1. The fourth-order valence-corrected chi connectivity index (χ4v) is 2.10. The van der Waals surface area contributed by atoms with Crippen molar-refractivity contribution in [3.8, 4) is 11.5 Å². The van der Waals surface area contributed by atoms with E-state index in [-0.39, 0.29) is 17.8 Å². The molecule has 0 saturated heterocycles. The summed E-state index contributed by atoms with van der Waals surface area (Å²) in [4.78, 5) is 10.8. The highest BCUT2D eigenvalue weighted by molar-refractivity contribution is 5.88. The highest BCUT2D eigenvalue weighted by atomic mass is 16.5. The van der Waals surface area contributed by atoms with Gasteiger partial charge in [-0.2, -0.15) is 0 Å². The molecule has 0 spiro atoms. The maximum absolute atomic E-state index is 10.8. The molecule has 1 saturated carbocycles. The molecule has 0 aromatic heterocycles. The second-order valence-electron chi connectivity index (χ2n) is 4.38. The molecule has 2 atom stereocenters. The van der Waals surface area contributed by atoms with E-state index in [1.54, 1.807) is 6.07 Å². The highest BCUT2D eigenvalue weighted by Gasteiger charge is 2.25. The van der Waals surface area contributed by atoms with Gasteiger partial charge in [-0.1, -0.05) is 0 Å². The van der Waals surface area contributed by atoms with E-state index in [9.17, 15) is 9.90 Å². The van der Waals surface area contributed by atoms with Crippen molar-refractivity contribution in [1.29, 1.82) is 0 Å². The minimum atomic E-state index is -1.00. The van der Waals surface area contributed by atoms with Crippen molar-refractivity contribution in [2.75, 3.05) is 7.11 Å². The van der Waals surface area contributed by atoms with Crippen LogP contribution in [0.4, 0.5) is 0 Å². The maximum Gasteiger partial charge on any atom is 0.335 e. The van der Waals surface area contributed by atoms with Gasteiger partial charge in [-0.05, 0) is 31.0 Å². The van der Waals surface area contributed by atoms with Crippen molar-refractivity contribution in [3.63, 3.8) is 0 Å². The molecule has 0 aliphatic heterocycles. The van der Waals surface area contributed by atoms with Crippen LogP contribution in [-0.4, -0.2) is 35.5 Å². The van der Waals surface area contributed by atoms with Crippen molar-refractivity contribution in [2.45, 2.75) is 31.5 Å². The fraction of sp³-hybridized carbons (Fsp3) is 0.462. The highest BCUT2D eigenvalue weighted by Crippen LogP contribution is 2.32. The summed E-state index contributed by atoms with van der Waals surface area (Å²) >= 11 is 0. The van der Waals surface area contributed by atoms with Gasteiger partial charge in [0.25, 0.3) is 0 Å². The van der Waals surface area contributed by atoms with E-state index in [4.69, 9.17) is 14.6 Å². The third kappa shape index (κ3) is 2.73. The Morgan fingerprint density at radius 3 is 2.67 bits per heavy atom. The molecule has 1 aromatic carbocycles. The Labute approximate surface area is 105 Å². The van der Waals surface area contributed by atoms with Gasteiger partial charge in [0.2, 0.25) is 0 Å². The first-order valence-electron chi connectivity index (χ1n) is 5.86. The first-order valence-corrected chi connectivity index (χ1v) is 5.86. The van der Waals surface area contributed by atoms with Crippen LogP contribution in [0.2, 0.25) is 0 Å². The van der Waals surface area contributed by atoms with Gasteiger partial charge in [0.15, 0.2) is 11.5 Å². The molecule has 2 rings (SSSR count). The number of carbonyl (C=O) groups is 1. The van der Waals surface area contributed by atoms with Gasteiger partial charge in [0, 0.05) is 6.42 Å². The van der Waals surface area contributed by atoms with Gasteiger partial charge in [-0.15, -0.1) is 0 Å². The molecule has 2 unspecified atom stereocenters. The number of carboxylic acid groups (broad SMARTS) is 1. The number of hydrogen-bond acceptors (Lipinski definition) is 4. The largest absolute Gasteiger partial charge is 0.493 e.